The minimum Gasteiger partial charge on any atom is -0.344 e. The molecule has 0 amide bonds. The second-order valence-corrected chi connectivity index (χ2v) is 5.44. The van der Waals surface area contributed by atoms with Gasteiger partial charge in [-0.05, 0) is 6.92 Å². The highest BCUT2D eigenvalue weighted by Crippen LogP contribution is 2.28. The highest BCUT2D eigenvalue weighted by atomic mass is 35.5. The fourth-order valence-electron chi connectivity index (χ4n) is 1.39. The first kappa shape index (κ1) is 9.62. The number of hydrogen-bond acceptors (Lipinski definition) is 4. The Morgan fingerprint density at radius 3 is 3.15 bits per heavy atom. The van der Waals surface area contributed by atoms with Gasteiger partial charge in [0, 0.05) is 29.5 Å². The van der Waals surface area contributed by atoms with Crippen molar-refractivity contribution in [1.82, 2.24) is 4.98 Å². The number of rotatable bonds is 1. The lowest BCUT2D eigenvalue weighted by atomic mass is 10.3. The van der Waals surface area contributed by atoms with Crippen molar-refractivity contribution in [1.29, 1.82) is 0 Å². The lowest BCUT2D eigenvalue weighted by Gasteiger charge is -2.32. The van der Waals surface area contributed by atoms with E-state index in [1.165, 1.54) is 11.5 Å². The average molecular weight is 235 g/mol. The quantitative estimate of drug-likeness (QED) is 0.744. The maximum Gasteiger partial charge on any atom is 0.187 e. The van der Waals surface area contributed by atoms with E-state index in [0.717, 1.165) is 11.7 Å². The summed E-state index contributed by atoms with van der Waals surface area (Å²) >= 11 is 9.44. The molecule has 0 N–H and O–H groups in total. The molecule has 1 aromatic heterocycles. The summed E-state index contributed by atoms with van der Waals surface area (Å²) in [6, 6.07) is 0.584. The number of thiazole rings is 1. The second-order valence-electron chi connectivity index (χ2n) is 3.07. The summed E-state index contributed by atoms with van der Waals surface area (Å²) < 4.78 is 0. The molecule has 2 nitrogen and oxygen atoms in total. The molecule has 13 heavy (non-hydrogen) atoms. The molecule has 1 aromatic rings. The summed E-state index contributed by atoms with van der Waals surface area (Å²) in [7, 11) is 0. The van der Waals surface area contributed by atoms with Crippen LogP contribution in [0.5, 0.6) is 0 Å². The maximum atomic E-state index is 5.79. The third kappa shape index (κ3) is 2.11. The summed E-state index contributed by atoms with van der Waals surface area (Å²) in [5.74, 6) is 2.39. The van der Waals surface area contributed by atoms with E-state index < -0.39 is 0 Å². The van der Waals surface area contributed by atoms with E-state index in [1.807, 2.05) is 17.1 Å². The molecule has 2 rings (SSSR count). The van der Waals surface area contributed by atoms with Gasteiger partial charge in [0.2, 0.25) is 0 Å². The first-order valence-corrected chi connectivity index (χ1v) is 6.64. The molecule has 1 aliphatic heterocycles. The van der Waals surface area contributed by atoms with Gasteiger partial charge in [0.1, 0.15) is 5.15 Å². The Kier molecular flexibility index (Phi) is 3.01. The minimum atomic E-state index is 0.584. The molecule has 0 bridgehead atoms. The van der Waals surface area contributed by atoms with E-state index in [-0.39, 0.29) is 0 Å². The zero-order chi connectivity index (χ0) is 9.26. The average Bonchev–Trinajstić information content (AvgIpc) is 2.53. The molecule has 5 heteroatoms. The molecule has 2 heterocycles. The Balaban J connectivity index is 2.14. The van der Waals surface area contributed by atoms with Crippen molar-refractivity contribution in [3.05, 3.63) is 10.5 Å². The summed E-state index contributed by atoms with van der Waals surface area (Å²) in [5, 5.41) is 3.58. The first-order valence-electron chi connectivity index (χ1n) is 4.23. The molecule has 0 spiro atoms. The van der Waals surface area contributed by atoms with Gasteiger partial charge in [-0.25, -0.2) is 4.98 Å². The Hall–Kier alpha value is 0.0700. The van der Waals surface area contributed by atoms with E-state index in [1.54, 1.807) is 11.3 Å². The van der Waals surface area contributed by atoms with E-state index in [9.17, 15) is 0 Å². The minimum absolute atomic E-state index is 0.584. The van der Waals surface area contributed by atoms with Gasteiger partial charge in [-0.3, -0.25) is 0 Å². The summed E-state index contributed by atoms with van der Waals surface area (Å²) in [5.41, 5.74) is 0. The van der Waals surface area contributed by atoms with Crippen LogP contribution >= 0.6 is 34.7 Å². The number of aromatic nitrogens is 1. The van der Waals surface area contributed by atoms with Crippen LogP contribution in [-0.4, -0.2) is 29.1 Å². The number of thioether (sulfide) groups is 1. The number of nitrogens with zero attached hydrogens (tertiary/aromatic N) is 2. The van der Waals surface area contributed by atoms with Crippen molar-refractivity contribution in [2.75, 3.05) is 23.0 Å². The van der Waals surface area contributed by atoms with Crippen LogP contribution in [0.3, 0.4) is 0 Å². The zero-order valence-corrected chi connectivity index (χ0v) is 9.75. The molecule has 1 fully saturated rings. The molecular formula is C8H11ClN2S2. The van der Waals surface area contributed by atoms with Crippen molar-refractivity contribution in [2.24, 2.45) is 0 Å². The Morgan fingerprint density at radius 1 is 1.69 bits per heavy atom. The fraction of sp³-hybridized carbons (Fsp3) is 0.625. The molecule has 0 saturated carbocycles. The third-order valence-corrected chi connectivity index (χ3v) is 4.47. The van der Waals surface area contributed by atoms with E-state index in [4.69, 9.17) is 11.6 Å². The van der Waals surface area contributed by atoms with Gasteiger partial charge in [-0.1, -0.05) is 11.6 Å². The van der Waals surface area contributed by atoms with Crippen molar-refractivity contribution in [3.8, 4) is 0 Å². The predicted octanol–water partition coefficient (Wildman–Crippen LogP) is 2.74. The standard InChI is InChI=1S/C8H11ClN2S2/c1-6-4-12-3-2-11(6)8-10-7(9)5-13-8/h5-6H,2-4H2,1H3. The van der Waals surface area contributed by atoms with Gasteiger partial charge in [0.15, 0.2) is 5.13 Å². The Labute approximate surface area is 91.3 Å². The molecule has 72 valence electrons. The Bertz CT molecular complexity index is 289. The molecular weight excluding hydrogens is 224 g/mol. The summed E-state index contributed by atoms with van der Waals surface area (Å²) in [6.45, 7) is 3.33. The lowest BCUT2D eigenvalue weighted by molar-refractivity contribution is 0.697. The molecule has 0 radical (unpaired) electrons. The van der Waals surface area contributed by atoms with Gasteiger partial charge in [-0.15, -0.1) is 11.3 Å². The van der Waals surface area contributed by atoms with Crippen LogP contribution in [0.2, 0.25) is 5.15 Å². The molecule has 1 unspecified atom stereocenters. The van der Waals surface area contributed by atoms with Gasteiger partial charge in [0.25, 0.3) is 0 Å². The SMILES string of the molecule is CC1CSCCN1c1nc(Cl)cs1. The maximum absolute atomic E-state index is 5.79. The molecule has 1 saturated heterocycles. The van der Waals surface area contributed by atoms with Crippen molar-refractivity contribution in [2.45, 2.75) is 13.0 Å². The van der Waals surface area contributed by atoms with Gasteiger partial charge < -0.3 is 4.90 Å². The van der Waals surface area contributed by atoms with Crippen LogP contribution in [-0.2, 0) is 0 Å². The molecule has 1 atom stereocenters. The highest BCUT2D eigenvalue weighted by Gasteiger charge is 2.20. The van der Waals surface area contributed by atoms with Gasteiger partial charge in [0.05, 0.1) is 0 Å². The van der Waals surface area contributed by atoms with Crippen LogP contribution in [0.25, 0.3) is 0 Å². The van der Waals surface area contributed by atoms with Crippen LogP contribution in [0, 0.1) is 0 Å². The Morgan fingerprint density at radius 2 is 2.54 bits per heavy atom. The number of hydrogen-bond donors (Lipinski definition) is 0. The van der Waals surface area contributed by atoms with Crippen LogP contribution in [0.15, 0.2) is 5.38 Å². The van der Waals surface area contributed by atoms with E-state index in [0.29, 0.717) is 11.2 Å². The van der Waals surface area contributed by atoms with Gasteiger partial charge >= 0.3 is 0 Å². The first-order chi connectivity index (χ1) is 6.27. The molecule has 0 aliphatic carbocycles. The lowest BCUT2D eigenvalue weighted by Crippen LogP contribution is -2.40. The van der Waals surface area contributed by atoms with Gasteiger partial charge in [-0.2, -0.15) is 11.8 Å². The van der Waals surface area contributed by atoms with E-state index >= 15 is 0 Å². The highest BCUT2D eigenvalue weighted by molar-refractivity contribution is 7.99. The third-order valence-electron chi connectivity index (χ3n) is 2.08. The number of anilines is 1. The monoisotopic (exact) mass is 234 g/mol. The summed E-state index contributed by atoms with van der Waals surface area (Å²) in [4.78, 5) is 6.63. The van der Waals surface area contributed by atoms with Crippen molar-refractivity contribution >= 4 is 39.8 Å². The zero-order valence-electron chi connectivity index (χ0n) is 7.36. The predicted molar refractivity (Wildman–Crippen MR) is 61.3 cm³/mol. The molecule has 0 aromatic carbocycles. The van der Waals surface area contributed by atoms with Crippen molar-refractivity contribution in [3.63, 3.8) is 0 Å². The smallest absolute Gasteiger partial charge is 0.187 e. The van der Waals surface area contributed by atoms with Crippen LogP contribution < -0.4 is 4.90 Å². The normalized spacial score (nSPS) is 23.5. The number of halogens is 1. The van der Waals surface area contributed by atoms with Crippen LogP contribution in [0.1, 0.15) is 6.92 Å². The van der Waals surface area contributed by atoms with E-state index in [2.05, 4.69) is 16.8 Å². The van der Waals surface area contributed by atoms with Crippen LogP contribution in [0.4, 0.5) is 5.13 Å². The largest absolute Gasteiger partial charge is 0.344 e. The topological polar surface area (TPSA) is 16.1 Å². The second kappa shape index (κ2) is 4.07. The summed E-state index contributed by atoms with van der Waals surface area (Å²) in [6.07, 6.45) is 0. The van der Waals surface area contributed by atoms with Crippen molar-refractivity contribution < 1.29 is 0 Å². The fourth-order valence-corrected chi connectivity index (χ4v) is 3.48. The molecule has 1 aliphatic rings.